The molecule has 2 amide bonds. The van der Waals surface area contributed by atoms with Crippen LogP contribution in [0.4, 0.5) is 0 Å². The predicted octanol–water partition coefficient (Wildman–Crippen LogP) is 2.12. The first-order chi connectivity index (χ1) is 17.5. The lowest BCUT2D eigenvalue weighted by molar-refractivity contribution is -0.139. The van der Waals surface area contributed by atoms with Crippen molar-refractivity contribution in [2.75, 3.05) is 6.54 Å². The number of Topliss-reactive ketones (excluding diaryl/α,β-unsaturated/α-hetero) is 2. The van der Waals surface area contributed by atoms with Crippen molar-refractivity contribution >= 4 is 23.4 Å². The molecule has 2 aliphatic carbocycles. The molecule has 7 N–H and O–H groups in total. The van der Waals surface area contributed by atoms with Crippen molar-refractivity contribution in [1.29, 1.82) is 0 Å². The summed E-state index contributed by atoms with van der Waals surface area (Å²) in [6.45, 7) is 5.20. The third-order valence-electron chi connectivity index (χ3n) is 8.30. The highest BCUT2D eigenvalue weighted by atomic mass is 16.3. The van der Waals surface area contributed by atoms with E-state index in [-0.39, 0.29) is 55.2 Å². The minimum Gasteiger partial charge on any atom is -0.393 e. The number of aliphatic hydroxyl groups excluding tert-OH is 1. The molecule has 37 heavy (non-hydrogen) atoms. The van der Waals surface area contributed by atoms with Crippen LogP contribution in [0.3, 0.4) is 0 Å². The molecule has 2 unspecified atom stereocenters. The molecule has 0 heterocycles. The summed E-state index contributed by atoms with van der Waals surface area (Å²) in [5.74, 6) is -2.16. The first kappa shape index (κ1) is 31.4. The number of hydrogen-bond donors (Lipinski definition) is 5. The van der Waals surface area contributed by atoms with Gasteiger partial charge < -0.3 is 27.2 Å². The van der Waals surface area contributed by atoms with Crippen molar-refractivity contribution in [2.45, 2.75) is 128 Å². The molecule has 9 nitrogen and oxygen atoms in total. The van der Waals surface area contributed by atoms with E-state index in [9.17, 15) is 24.3 Å². The lowest BCUT2D eigenvalue weighted by atomic mass is 9.75. The minimum atomic E-state index is -1.10. The van der Waals surface area contributed by atoms with Crippen LogP contribution in [-0.2, 0) is 19.2 Å². The molecule has 0 bridgehead atoms. The molecule has 2 fully saturated rings. The Bertz CT molecular complexity index is 773. The van der Waals surface area contributed by atoms with Gasteiger partial charge in [-0.25, -0.2) is 0 Å². The van der Waals surface area contributed by atoms with Crippen LogP contribution in [0.5, 0.6) is 0 Å². The van der Waals surface area contributed by atoms with Gasteiger partial charge in [0.25, 0.3) is 0 Å². The fourth-order valence-electron chi connectivity index (χ4n) is 5.90. The number of nitrogens with two attached hydrogens (primary N) is 2. The smallest absolute Gasteiger partial charge is 0.226 e. The number of rotatable bonds is 14. The Morgan fingerprint density at radius 2 is 1.54 bits per heavy atom. The SMILES string of the molecule is CC(C)C(=O)[C@H](CCN)NC(=O)[C@@H](CC(=O)C1(NC(=O)CC(N)C2CCCCC2)CCCCC1)C(C)O. The number of carbonyl (C=O) groups is 4. The summed E-state index contributed by atoms with van der Waals surface area (Å²) < 4.78 is 0. The van der Waals surface area contributed by atoms with Gasteiger partial charge in [0.05, 0.1) is 23.6 Å². The molecule has 0 spiro atoms. The van der Waals surface area contributed by atoms with Gasteiger partial charge >= 0.3 is 0 Å². The maximum Gasteiger partial charge on any atom is 0.226 e. The van der Waals surface area contributed by atoms with Crippen LogP contribution < -0.4 is 22.1 Å². The zero-order valence-electron chi connectivity index (χ0n) is 23.1. The van der Waals surface area contributed by atoms with Crippen molar-refractivity contribution in [1.82, 2.24) is 10.6 Å². The van der Waals surface area contributed by atoms with Crippen LogP contribution in [0.15, 0.2) is 0 Å². The highest BCUT2D eigenvalue weighted by Crippen LogP contribution is 2.32. The van der Waals surface area contributed by atoms with E-state index in [1.165, 1.54) is 13.3 Å². The average Bonchev–Trinajstić information content (AvgIpc) is 2.86. The van der Waals surface area contributed by atoms with Crippen LogP contribution in [0, 0.1) is 17.8 Å². The summed E-state index contributed by atoms with van der Waals surface area (Å²) in [7, 11) is 0. The van der Waals surface area contributed by atoms with E-state index in [0.717, 1.165) is 44.9 Å². The van der Waals surface area contributed by atoms with Gasteiger partial charge in [-0.1, -0.05) is 52.4 Å². The number of aliphatic hydroxyl groups is 1. The second-order valence-electron chi connectivity index (χ2n) is 11.6. The molecule has 2 saturated carbocycles. The maximum atomic E-state index is 13.7. The molecule has 0 aliphatic heterocycles. The van der Waals surface area contributed by atoms with E-state index < -0.39 is 29.5 Å². The van der Waals surface area contributed by atoms with E-state index in [4.69, 9.17) is 11.5 Å². The quantitative estimate of drug-likeness (QED) is 0.233. The van der Waals surface area contributed by atoms with Crippen molar-refractivity contribution in [3.63, 3.8) is 0 Å². The molecule has 0 aromatic heterocycles. The minimum absolute atomic E-state index is 0.139. The number of amides is 2. The van der Waals surface area contributed by atoms with Gasteiger partial charge in [0.2, 0.25) is 11.8 Å². The standard InChI is InChI=1S/C28H50N4O5/c1-18(2)26(36)23(12-15-29)31-27(37)21(19(3)33)16-24(34)28(13-8-5-9-14-28)32-25(35)17-22(30)20-10-6-4-7-11-20/h18-23,33H,4-17,29-30H2,1-3H3,(H,31,37)(H,32,35)/t19?,21-,22?,23-/m0/s1. The molecule has 0 radical (unpaired) electrons. The summed E-state index contributed by atoms with van der Waals surface area (Å²) in [5.41, 5.74) is 11.0. The summed E-state index contributed by atoms with van der Waals surface area (Å²) in [4.78, 5) is 52.4. The van der Waals surface area contributed by atoms with Crippen LogP contribution >= 0.6 is 0 Å². The fourth-order valence-corrected chi connectivity index (χ4v) is 5.90. The molecule has 2 aliphatic rings. The Balaban J connectivity index is 2.11. The number of ketones is 2. The van der Waals surface area contributed by atoms with E-state index >= 15 is 0 Å². The van der Waals surface area contributed by atoms with Crippen LogP contribution in [0.25, 0.3) is 0 Å². The molecule has 212 valence electrons. The van der Waals surface area contributed by atoms with Crippen LogP contribution in [0.1, 0.15) is 104 Å². The molecule has 0 aromatic rings. The summed E-state index contributed by atoms with van der Waals surface area (Å²) in [6.07, 6.45) is 8.29. The van der Waals surface area contributed by atoms with Gasteiger partial charge in [0.15, 0.2) is 11.6 Å². The molecular weight excluding hydrogens is 472 g/mol. The Morgan fingerprint density at radius 3 is 2.08 bits per heavy atom. The Kier molecular flexibility index (Phi) is 12.7. The van der Waals surface area contributed by atoms with E-state index in [2.05, 4.69) is 10.6 Å². The third-order valence-corrected chi connectivity index (χ3v) is 8.30. The molecule has 9 heteroatoms. The number of nitrogens with one attached hydrogen (secondary N) is 2. The van der Waals surface area contributed by atoms with Crippen LogP contribution in [0.2, 0.25) is 0 Å². The lowest BCUT2D eigenvalue weighted by Crippen LogP contribution is -2.58. The van der Waals surface area contributed by atoms with E-state index in [0.29, 0.717) is 18.8 Å². The molecule has 0 aromatic carbocycles. The van der Waals surface area contributed by atoms with Gasteiger partial charge in [-0.2, -0.15) is 0 Å². The Morgan fingerprint density at radius 1 is 0.946 bits per heavy atom. The topological polar surface area (TPSA) is 165 Å². The maximum absolute atomic E-state index is 13.7. The zero-order chi connectivity index (χ0) is 27.6. The van der Waals surface area contributed by atoms with Gasteiger partial charge in [-0.05, 0) is 51.5 Å². The highest BCUT2D eigenvalue weighted by molar-refractivity contribution is 5.97. The third kappa shape index (κ3) is 9.14. The zero-order valence-corrected chi connectivity index (χ0v) is 23.1. The molecule has 0 saturated heterocycles. The lowest BCUT2D eigenvalue weighted by Gasteiger charge is -2.38. The second kappa shape index (κ2) is 14.9. The largest absolute Gasteiger partial charge is 0.393 e. The van der Waals surface area contributed by atoms with Crippen molar-refractivity contribution in [3.05, 3.63) is 0 Å². The van der Waals surface area contributed by atoms with Gasteiger partial charge in [0.1, 0.15) is 0 Å². The second-order valence-corrected chi connectivity index (χ2v) is 11.6. The van der Waals surface area contributed by atoms with Crippen molar-refractivity contribution in [3.8, 4) is 0 Å². The number of hydrogen-bond acceptors (Lipinski definition) is 7. The van der Waals surface area contributed by atoms with Gasteiger partial charge in [0, 0.05) is 24.8 Å². The molecular formula is C28H50N4O5. The van der Waals surface area contributed by atoms with Gasteiger partial charge in [-0.15, -0.1) is 0 Å². The van der Waals surface area contributed by atoms with Crippen molar-refractivity contribution < 1.29 is 24.3 Å². The van der Waals surface area contributed by atoms with Gasteiger partial charge in [-0.3, -0.25) is 19.2 Å². The van der Waals surface area contributed by atoms with Crippen molar-refractivity contribution in [2.24, 2.45) is 29.2 Å². The van der Waals surface area contributed by atoms with E-state index in [1.807, 2.05) is 0 Å². The summed E-state index contributed by atoms with van der Waals surface area (Å²) >= 11 is 0. The average molecular weight is 523 g/mol. The first-order valence-corrected chi connectivity index (χ1v) is 14.3. The summed E-state index contributed by atoms with van der Waals surface area (Å²) in [5, 5.41) is 16.2. The molecule has 4 atom stereocenters. The first-order valence-electron chi connectivity index (χ1n) is 14.3. The monoisotopic (exact) mass is 522 g/mol. The van der Waals surface area contributed by atoms with E-state index in [1.54, 1.807) is 13.8 Å². The predicted molar refractivity (Wildman–Crippen MR) is 143 cm³/mol. The Labute approximate surface area is 222 Å². The normalized spacial score (nSPS) is 21.5. The Hall–Kier alpha value is -1.84. The summed E-state index contributed by atoms with van der Waals surface area (Å²) in [6, 6.07) is -0.997. The fraction of sp³-hybridized carbons (Fsp3) is 0.857. The molecule has 2 rings (SSSR count). The highest BCUT2D eigenvalue weighted by Gasteiger charge is 2.43. The number of carbonyl (C=O) groups excluding carboxylic acids is 4. The van der Waals surface area contributed by atoms with Crippen LogP contribution in [-0.4, -0.2) is 58.8 Å².